The van der Waals surface area contributed by atoms with Crippen LogP contribution in [0.4, 0.5) is 0 Å². The van der Waals surface area contributed by atoms with Crippen LogP contribution in [0.3, 0.4) is 0 Å². The number of hydrogen-bond donors (Lipinski definition) is 1. The molecule has 1 atom stereocenters. The van der Waals surface area contributed by atoms with Crippen LogP contribution in [0.25, 0.3) is 0 Å². The van der Waals surface area contributed by atoms with Gasteiger partial charge < -0.3 is 5.32 Å². The van der Waals surface area contributed by atoms with Gasteiger partial charge in [0, 0.05) is 23.4 Å². The summed E-state index contributed by atoms with van der Waals surface area (Å²) in [4.78, 5) is 0. The molecule has 0 radical (unpaired) electrons. The van der Waals surface area contributed by atoms with Gasteiger partial charge in [-0.15, -0.1) is 0 Å². The summed E-state index contributed by atoms with van der Waals surface area (Å²) in [6, 6.07) is 6.14. The van der Waals surface area contributed by atoms with Crippen LogP contribution in [0.1, 0.15) is 37.9 Å². The predicted octanol–water partition coefficient (Wildman–Crippen LogP) is 2.99. The summed E-state index contributed by atoms with van der Waals surface area (Å²) in [7, 11) is -2.92. The lowest BCUT2D eigenvalue weighted by molar-refractivity contribution is 0.273. The van der Waals surface area contributed by atoms with E-state index in [1.165, 1.54) is 11.1 Å². The van der Waals surface area contributed by atoms with Gasteiger partial charge in [0.15, 0.2) is 9.84 Å². The zero-order valence-electron chi connectivity index (χ0n) is 12.2. The van der Waals surface area contributed by atoms with Crippen molar-refractivity contribution in [2.75, 3.05) is 18.1 Å². The summed E-state index contributed by atoms with van der Waals surface area (Å²) in [5.74, 6) is 0.386. The summed E-state index contributed by atoms with van der Waals surface area (Å²) in [6.07, 6.45) is 0.984. The molecule has 0 saturated carbocycles. The van der Waals surface area contributed by atoms with Crippen molar-refractivity contribution in [2.45, 2.75) is 33.2 Å². The molecular formula is C15H22ClNO2S. The van der Waals surface area contributed by atoms with Crippen LogP contribution in [0.2, 0.25) is 5.02 Å². The summed E-state index contributed by atoms with van der Waals surface area (Å²) in [5.41, 5.74) is 2.58. The Bertz CT molecular complexity index is 596. The molecule has 1 aliphatic carbocycles. The summed E-state index contributed by atoms with van der Waals surface area (Å²) >= 11 is 6.09. The molecule has 0 spiro atoms. The van der Waals surface area contributed by atoms with Gasteiger partial charge in [-0.2, -0.15) is 0 Å². The standard InChI is InChI=1S/C15H22ClNO2S/c1-4-20(18,19)8-7-17-14-13-9-12(16)6-5-11(13)10-15(14,2)3/h5-6,9,14,17H,4,7-8,10H2,1-3H3. The molecule has 1 aliphatic rings. The van der Waals surface area contributed by atoms with Crippen LogP contribution in [0.5, 0.6) is 0 Å². The normalized spacial score (nSPS) is 20.9. The number of halogens is 1. The highest BCUT2D eigenvalue weighted by molar-refractivity contribution is 7.91. The number of sulfone groups is 1. The lowest BCUT2D eigenvalue weighted by atomic mass is 9.85. The van der Waals surface area contributed by atoms with Crippen LogP contribution in [-0.4, -0.2) is 26.5 Å². The maximum atomic E-state index is 11.6. The van der Waals surface area contributed by atoms with Crippen molar-refractivity contribution in [3.8, 4) is 0 Å². The molecule has 0 fully saturated rings. The van der Waals surface area contributed by atoms with Crippen molar-refractivity contribution in [1.29, 1.82) is 0 Å². The van der Waals surface area contributed by atoms with E-state index in [1.807, 2.05) is 12.1 Å². The van der Waals surface area contributed by atoms with E-state index in [2.05, 4.69) is 25.2 Å². The average Bonchev–Trinajstić information content (AvgIpc) is 2.60. The molecule has 1 aromatic rings. The molecule has 5 heteroatoms. The number of benzene rings is 1. The molecule has 112 valence electrons. The van der Waals surface area contributed by atoms with E-state index in [0.29, 0.717) is 6.54 Å². The molecule has 0 amide bonds. The summed E-state index contributed by atoms with van der Waals surface area (Å²) in [6.45, 7) is 6.57. The van der Waals surface area contributed by atoms with Gasteiger partial charge in [0.2, 0.25) is 0 Å². The second kappa shape index (κ2) is 5.66. The highest BCUT2D eigenvalue weighted by atomic mass is 35.5. The van der Waals surface area contributed by atoms with Crippen LogP contribution >= 0.6 is 11.6 Å². The van der Waals surface area contributed by atoms with E-state index < -0.39 is 9.84 Å². The van der Waals surface area contributed by atoms with E-state index in [4.69, 9.17) is 11.6 Å². The van der Waals surface area contributed by atoms with Crippen molar-refractivity contribution in [3.05, 3.63) is 34.3 Å². The van der Waals surface area contributed by atoms with E-state index >= 15 is 0 Å². The number of hydrogen-bond acceptors (Lipinski definition) is 3. The molecule has 0 aromatic heterocycles. The Morgan fingerprint density at radius 3 is 2.75 bits per heavy atom. The molecule has 0 heterocycles. The molecule has 1 aromatic carbocycles. The van der Waals surface area contributed by atoms with Crippen molar-refractivity contribution in [1.82, 2.24) is 5.32 Å². The predicted molar refractivity (Wildman–Crippen MR) is 84.0 cm³/mol. The van der Waals surface area contributed by atoms with Crippen molar-refractivity contribution in [2.24, 2.45) is 5.41 Å². The third kappa shape index (κ3) is 3.35. The Balaban J connectivity index is 2.13. The van der Waals surface area contributed by atoms with Gasteiger partial charge in [0.25, 0.3) is 0 Å². The molecule has 0 saturated heterocycles. The van der Waals surface area contributed by atoms with Crippen LogP contribution in [0, 0.1) is 5.41 Å². The maximum Gasteiger partial charge on any atom is 0.151 e. The van der Waals surface area contributed by atoms with E-state index in [9.17, 15) is 8.42 Å². The highest BCUT2D eigenvalue weighted by Gasteiger charge is 2.38. The minimum atomic E-state index is -2.92. The first kappa shape index (κ1) is 15.8. The minimum absolute atomic E-state index is 0.0724. The van der Waals surface area contributed by atoms with Gasteiger partial charge in [-0.3, -0.25) is 0 Å². The number of nitrogens with one attached hydrogen (secondary N) is 1. The third-order valence-electron chi connectivity index (χ3n) is 4.05. The lowest BCUT2D eigenvalue weighted by Crippen LogP contribution is -2.34. The Morgan fingerprint density at radius 2 is 2.10 bits per heavy atom. The molecular weight excluding hydrogens is 294 g/mol. The SMILES string of the molecule is CCS(=O)(=O)CCNC1c2cc(Cl)ccc2CC1(C)C. The quantitative estimate of drug-likeness (QED) is 0.908. The smallest absolute Gasteiger partial charge is 0.151 e. The zero-order chi connectivity index (χ0) is 15.0. The molecule has 3 nitrogen and oxygen atoms in total. The molecule has 2 rings (SSSR count). The lowest BCUT2D eigenvalue weighted by Gasteiger charge is -2.28. The fourth-order valence-electron chi connectivity index (χ4n) is 2.90. The minimum Gasteiger partial charge on any atom is -0.308 e. The molecule has 0 aliphatic heterocycles. The second-order valence-electron chi connectivity index (χ2n) is 6.13. The largest absolute Gasteiger partial charge is 0.308 e. The first-order valence-electron chi connectivity index (χ1n) is 6.97. The van der Waals surface area contributed by atoms with Crippen molar-refractivity contribution >= 4 is 21.4 Å². The fourth-order valence-corrected chi connectivity index (χ4v) is 3.80. The van der Waals surface area contributed by atoms with Crippen molar-refractivity contribution < 1.29 is 8.42 Å². The van der Waals surface area contributed by atoms with Gasteiger partial charge in [-0.25, -0.2) is 8.42 Å². The summed E-state index contributed by atoms with van der Waals surface area (Å²) in [5, 5.41) is 4.14. The first-order chi connectivity index (χ1) is 9.25. The molecule has 1 unspecified atom stereocenters. The van der Waals surface area contributed by atoms with Gasteiger partial charge in [0.1, 0.15) is 0 Å². The highest BCUT2D eigenvalue weighted by Crippen LogP contribution is 2.45. The van der Waals surface area contributed by atoms with Gasteiger partial charge in [0.05, 0.1) is 5.75 Å². The number of rotatable bonds is 5. The maximum absolute atomic E-state index is 11.6. The number of fused-ring (bicyclic) bond motifs is 1. The topological polar surface area (TPSA) is 46.2 Å². The average molecular weight is 316 g/mol. The first-order valence-corrected chi connectivity index (χ1v) is 9.17. The van der Waals surface area contributed by atoms with E-state index in [1.54, 1.807) is 6.92 Å². The monoisotopic (exact) mass is 315 g/mol. The molecule has 1 N–H and O–H groups in total. The zero-order valence-corrected chi connectivity index (χ0v) is 13.8. The summed E-state index contributed by atoms with van der Waals surface area (Å²) < 4.78 is 23.1. The van der Waals surface area contributed by atoms with Gasteiger partial charge in [-0.1, -0.05) is 38.4 Å². The fraction of sp³-hybridized carbons (Fsp3) is 0.600. The Morgan fingerprint density at radius 1 is 1.40 bits per heavy atom. The van der Waals surface area contributed by atoms with Crippen molar-refractivity contribution in [3.63, 3.8) is 0 Å². The van der Waals surface area contributed by atoms with Crippen LogP contribution < -0.4 is 5.32 Å². The Hall–Kier alpha value is -0.580. The van der Waals surface area contributed by atoms with Crippen LogP contribution in [-0.2, 0) is 16.3 Å². The van der Waals surface area contributed by atoms with Gasteiger partial charge in [-0.05, 0) is 35.1 Å². The Kier molecular flexibility index (Phi) is 4.47. The van der Waals surface area contributed by atoms with E-state index in [-0.39, 0.29) is 23.0 Å². The Labute approximate surface area is 126 Å². The van der Waals surface area contributed by atoms with Gasteiger partial charge >= 0.3 is 0 Å². The van der Waals surface area contributed by atoms with Crippen LogP contribution in [0.15, 0.2) is 18.2 Å². The second-order valence-corrected chi connectivity index (χ2v) is 9.04. The third-order valence-corrected chi connectivity index (χ3v) is 5.99. The molecule has 0 bridgehead atoms. The molecule has 20 heavy (non-hydrogen) atoms. The van der Waals surface area contributed by atoms with E-state index in [0.717, 1.165) is 11.4 Å².